The largest absolute Gasteiger partial charge is 0.469 e. The molecule has 2 unspecified atom stereocenters. The molecule has 0 aliphatic rings. The summed E-state index contributed by atoms with van der Waals surface area (Å²) in [5, 5.41) is 3.27. The Balaban J connectivity index is 3.66. The van der Waals surface area contributed by atoms with Crippen molar-refractivity contribution in [3.8, 4) is 0 Å². The van der Waals surface area contributed by atoms with Gasteiger partial charge in [-0.25, -0.2) is 0 Å². The van der Waals surface area contributed by atoms with E-state index in [2.05, 4.69) is 23.6 Å². The quantitative estimate of drug-likeness (QED) is 0.503. The predicted molar refractivity (Wildman–Crippen MR) is 53.5 cm³/mol. The fraction of sp³-hybridized carbons (Fsp3) is 0.700. The molecule has 0 heterocycles. The SMILES string of the molecule is C=CCC(C)NC(C)CC(=O)OC. The lowest BCUT2D eigenvalue weighted by molar-refractivity contribution is -0.141. The van der Waals surface area contributed by atoms with Crippen molar-refractivity contribution in [1.29, 1.82) is 0 Å². The van der Waals surface area contributed by atoms with E-state index in [1.165, 1.54) is 7.11 Å². The van der Waals surface area contributed by atoms with Crippen LogP contribution < -0.4 is 5.32 Å². The number of ether oxygens (including phenoxy) is 1. The lowest BCUT2D eigenvalue weighted by Gasteiger charge is -2.17. The Hall–Kier alpha value is -0.830. The van der Waals surface area contributed by atoms with Gasteiger partial charge in [0.05, 0.1) is 13.5 Å². The van der Waals surface area contributed by atoms with Gasteiger partial charge in [-0.05, 0) is 20.3 Å². The molecule has 0 fully saturated rings. The highest BCUT2D eigenvalue weighted by Crippen LogP contribution is 1.98. The fourth-order valence-electron chi connectivity index (χ4n) is 1.20. The Morgan fingerprint density at radius 3 is 2.62 bits per heavy atom. The van der Waals surface area contributed by atoms with Crippen molar-refractivity contribution >= 4 is 5.97 Å². The van der Waals surface area contributed by atoms with Crippen LogP contribution >= 0.6 is 0 Å². The molecule has 0 spiro atoms. The smallest absolute Gasteiger partial charge is 0.307 e. The number of hydrogen-bond donors (Lipinski definition) is 1. The van der Waals surface area contributed by atoms with Gasteiger partial charge in [0, 0.05) is 12.1 Å². The summed E-state index contributed by atoms with van der Waals surface area (Å²) in [6.45, 7) is 7.69. The van der Waals surface area contributed by atoms with Crippen LogP contribution in [0.4, 0.5) is 0 Å². The molecule has 0 amide bonds. The third-order valence-corrected chi connectivity index (χ3v) is 1.79. The normalized spacial score (nSPS) is 14.7. The number of methoxy groups -OCH3 is 1. The Morgan fingerprint density at radius 2 is 2.15 bits per heavy atom. The number of hydrogen-bond acceptors (Lipinski definition) is 3. The van der Waals surface area contributed by atoms with Gasteiger partial charge in [0.2, 0.25) is 0 Å². The van der Waals surface area contributed by atoms with Gasteiger partial charge in [0.1, 0.15) is 0 Å². The number of nitrogens with one attached hydrogen (secondary N) is 1. The molecule has 0 radical (unpaired) electrons. The molecule has 2 atom stereocenters. The molecule has 0 aliphatic carbocycles. The van der Waals surface area contributed by atoms with Gasteiger partial charge in [0.15, 0.2) is 0 Å². The van der Waals surface area contributed by atoms with Crippen LogP contribution in [0.3, 0.4) is 0 Å². The molecule has 0 aromatic rings. The van der Waals surface area contributed by atoms with E-state index in [-0.39, 0.29) is 12.0 Å². The van der Waals surface area contributed by atoms with Crippen molar-refractivity contribution in [3.63, 3.8) is 0 Å². The topological polar surface area (TPSA) is 38.3 Å². The standard InChI is InChI=1S/C10H19NO2/c1-5-6-8(2)11-9(3)7-10(12)13-4/h5,8-9,11H,1,6-7H2,2-4H3. The Labute approximate surface area is 80.2 Å². The first-order valence-corrected chi connectivity index (χ1v) is 4.54. The molecule has 3 nitrogen and oxygen atoms in total. The van der Waals surface area contributed by atoms with Crippen LogP contribution in [-0.2, 0) is 9.53 Å². The second kappa shape index (κ2) is 6.66. The molecule has 0 saturated carbocycles. The van der Waals surface area contributed by atoms with E-state index >= 15 is 0 Å². The van der Waals surface area contributed by atoms with E-state index in [0.29, 0.717) is 12.5 Å². The van der Waals surface area contributed by atoms with Gasteiger partial charge in [-0.1, -0.05) is 6.08 Å². The number of rotatable bonds is 6. The van der Waals surface area contributed by atoms with E-state index in [1.54, 1.807) is 0 Å². The predicted octanol–water partition coefficient (Wildman–Crippen LogP) is 1.49. The number of carbonyl (C=O) groups excluding carboxylic acids is 1. The highest BCUT2D eigenvalue weighted by Gasteiger charge is 2.10. The zero-order valence-electron chi connectivity index (χ0n) is 8.67. The Kier molecular flexibility index (Phi) is 6.24. The van der Waals surface area contributed by atoms with E-state index in [9.17, 15) is 4.79 Å². The third-order valence-electron chi connectivity index (χ3n) is 1.79. The van der Waals surface area contributed by atoms with Crippen LogP contribution in [0.25, 0.3) is 0 Å². The molecular formula is C10H19NO2. The van der Waals surface area contributed by atoms with Crippen molar-refractivity contribution in [2.24, 2.45) is 0 Å². The maximum atomic E-state index is 10.9. The van der Waals surface area contributed by atoms with Gasteiger partial charge in [-0.2, -0.15) is 0 Å². The zero-order valence-corrected chi connectivity index (χ0v) is 8.67. The van der Waals surface area contributed by atoms with E-state index in [4.69, 9.17) is 0 Å². The summed E-state index contributed by atoms with van der Waals surface area (Å²) in [5.41, 5.74) is 0. The molecule has 0 aromatic heterocycles. The lowest BCUT2D eigenvalue weighted by atomic mass is 10.1. The average Bonchev–Trinajstić information content (AvgIpc) is 2.04. The highest BCUT2D eigenvalue weighted by atomic mass is 16.5. The van der Waals surface area contributed by atoms with E-state index in [1.807, 2.05) is 13.0 Å². The third kappa shape index (κ3) is 6.34. The molecular weight excluding hydrogens is 166 g/mol. The first-order chi connectivity index (χ1) is 6.10. The average molecular weight is 185 g/mol. The molecule has 0 aliphatic heterocycles. The summed E-state index contributed by atoms with van der Waals surface area (Å²) in [6, 6.07) is 0.513. The molecule has 13 heavy (non-hydrogen) atoms. The first-order valence-electron chi connectivity index (χ1n) is 4.54. The molecule has 0 bridgehead atoms. The minimum atomic E-state index is -0.175. The first kappa shape index (κ1) is 12.2. The maximum Gasteiger partial charge on any atom is 0.307 e. The van der Waals surface area contributed by atoms with Gasteiger partial charge in [0.25, 0.3) is 0 Å². The summed E-state index contributed by atoms with van der Waals surface area (Å²) in [7, 11) is 1.40. The second-order valence-electron chi connectivity index (χ2n) is 3.27. The highest BCUT2D eigenvalue weighted by molar-refractivity contribution is 5.69. The van der Waals surface area contributed by atoms with Gasteiger partial charge < -0.3 is 10.1 Å². The summed E-state index contributed by atoms with van der Waals surface area (Å²) in [6.07, 6.45) is 3.19. The van der Waals surface area contributed by atoms with Crippen LogP contribution in [0.1, 0.15) is 26.7 Å². The molecule has 1 N–H and O–H groups in total. The minimum Gasteiger partial charge on any atom is -0.469 e. The van der Waals surface area contributed by atoms with Crippen LogP contribution in [-0.4, -0.2) is 25.2 Å². The molecule has 0 rings (SSSR count). The molecule has 76 valence electrons. The van der Waals surface area contributed by atoms with Crippen LogP contribution in [0.2, 0.25) is 0 Å². The van der Waals surface area contributed by atoms with Crippen LogP contribution in [0.5, 0.6) is 0 Å². The van der Waals surface area contributed by atoms with Gasteiger partial charge in [-0.3, -0.25) is 4.79 Å². The summed E-state index contributed by atoms with van der Waals surface area (Å²) < 4.78 is 4.56. The maximum absolute atomic E-state index is 10.9. The summed E-state index contributed by atoms with van der Waals surface area (Å²) in [5.74, 6) is -0.175. The van der Waals surface area contributed by atoms with Gasteiger partial charge >= 0.3 is 5.97 Å². The zero-order chi connectivity index (χ0) is 10.3. The lowest BCUT2D eigenvalue weighted by Crippen LogP contribution is -2.35. The van der Waals surface area contributed by atoms with Crippen molar-refractivity contribution in [3.05, 3.63) is 12.7 Å². The summed E-state index contributed by atoms with van der Waals surface area (Å²) in [4.78, 5) is 10.9. The van der Waals surface area contributed by atoms with Crippen molar-refractivity contribution < 1.29 is 9.53 Å². The number of esters is 1. The fourth-order valence-corrected chi connectivity index (χ4v) is 1.20. The second-order valence-corrected chi connectivity index (χ2v) is 3.27. The molecule has 0 aromatic carbocycles. The number of carbonyl (C=O) groups is 1. The Bertz CT molecular complexity index is 168. The van der Waals surface area contributed by atoms with Crippen LogP contribution in [0.15, 0.2) is 12.7 Å². The monoisotopic (exact) mass is 185 g/mol. The molecule has 3 heteroatoms. The van der Waals surface area contributed by atoms with Gasteiger partial charge in [-0.15, -0.1) is 6.58 Å². The van der Waals surface area contributed by atoms with E-state index in [0.717, 1.165) is 6.42 Å². The van der Waals surface area contributed by atoms with Crippen molar-refractivity contribution in [2.45, 2.75) is 38.8 Å². The summed E-state index contributed by atoms with van der Waals surface area (Å²) >= 11 is 0. The minimum absolute atomic E-state index is 0.155. The van der Waals surface area contributed by atoms with E-state index < -0.39 is 0 Å². The van der Waals surface area contributed by atoms with Crippen molar-refractivity contribution in [1.82, 2.24) is 5.32 Å². The van der Waals surface area contributed by atoms with Crippen molar-refractivity contribution in [2.75, 3.05) is 7.11 Å². The Morgan fingerprint density at radius 1 is 1.54 bits per heavy atom. The van der Waals surface area contributed by atoms with Crippen LogP contribution in [0, 0.1) is 0 Å². The molecule has 0 saturated heterocycles.